The van der Waals surface area contributed by atoms with Crippen molar-refractivity contribution < 1.29 is 14.0 Å². The van der Waals surface area contributed by atoms with Crippen LogP contribution in [-0.4, -0.2) is 54.3 Å². The van der Waals surface area contributed by atoms with E-state index in [1.54, 1.807) is 5.57 Å². The first-order valence-corrected chi connectivity index (χ1v) is 10.9. The number of para-hydroxylation sites is 1. The summed E-state index contributed by atoms with van der Waals surface area (Å²) in [5.74, 6) is 1.23. The molecule has 2 bridgehead atoms. The molecule has 1 saturated carbocycles. The number of carbonyl (C=O) groups is 1. The van der Waals surface area contributed by atoms with Gasteiger partial charge in [0, 0.05) is 24.4 Å². The third kappa shape index (κ3) is 1.54. The Morgan fingerprint density at radius 2 is 2.22 bits per heavy atom. The number of anilines is 1. The molecular formula is C22H24ClN2O2+. The number of piperidine rings is 2. The largest absolute Gasteiger partial charge is 0.373 e. The number of halogens is 1. The van der Waals surface area contributed by atoms with Crippen LogP contribution in [0.2, 0.25) is 0 Å². The van der Waals surface area contributed by atoms with E-state index < -0.39 is 0 Å². The molecule has 7 rings (SSSR count). The van der Waals surface area contributed by atoms with Crippen LogP contribution < -0.4 is 4.90 Å². The van der Waals surface area contributed by atoms with E-state index in [9.17, 15) is 4.79 Å². The van der Waals surface area contributed by atoms with Crippen molar-refractivity contribution in [3.8, 4) is 0 Å². The van der Waals surface area contributed by atoms with Crippen molar-refractivity contribution in [2.75, 3.05) is 30.6 Å². The lowest BCUT2D eigenvalue weighted by Crippen LogP contribution is -2.72. The highest BCUT2D eigenvalue weighted by Crippen LogP contribution is 2.67. The van der Waals surface area contributed by atoms with Gasteiger partial charge in [-0.05, 0) is 23.1 Å². The molecule has 5 heterocycles. The number of rotatable bonds is 1. The first kappa shape index (κ1) is 15.5. The van der Waals surface area contributed by atoms with Crippen molar-refractivity contribution in [3.63, 3.8) is 0 Å². The Labute approximate surface area is 164 Å². The molecule has 1 amide bonds. The van der Waals surface area contributed by atoms with Gasteiger partial charge in [-0.1, -0.05) is 35.9 Å². The summed E-state index contributed by atoms with van der Waals surface area (Å²) in [5.41, 5.74) is 4.19. The molecule has 5 aliphatic heterocycles. The van der Waals surface area contributed by atoms with Gasteiger partial charge < -0.3 is 14.1 Å². The summed E-state index contributed by atoms with van der Waals surface area (Å²) in [4.78, 5) is 15.5. The topological polar surface area (TPSA) is 29.5 Å². The lowest BCUT2D eigenvalue weighted by Gasteiger charge is -2.60. The third-order valence-electron chi connectivity index (χ3n) is 8.95. The first-order valence-electron chi connectivity index (χ1n) is 10.3. The normalized spacial score (nSPS) is 48.2. The number of hydrogen-bond acceptors (Lipinski definition) is 2. The van der Waals surface area contributed by atoms with Crippen molar-refractivity contribution in [2.24, 2.45) is 11.8 Å². The van der Waals surface area contributed by atoms with Crippen LogP contribution >= 0.6 is 11.6 Å². The maximum Gasteiger partial charge on any atom is 0.229 e. The van der Waals surface area contributed by atoms with Crippen LogP contribution in [0.25, 0.3) is 0 Å². The van der Waals surface area contributed by atoms with Gasteiger partial charge in [0.15, 0.2) is 6.00 Å². The molecule has 1 spiro atoms. The number of carbonyl (C=O) groups excluding carboxylic acids is 1. The van der Waals surface area contributed by atoms with Crippen LogP contribution in [-0.2, 0) is 14.9 Å². The van der Waals surface area contributed by atoms with E-state index in [1.165, 1.54) is 17.7 Å². The molecule has 1 aliphatic carbocycles. The van der Waals surface area contributed by atoms with Crippen LogP contribution in [0.4, 0.5) is 5.69 Å². The van der Waals surface area contributed by atoms with Crippen LogP contribution in [0.5, 0.6) is 0 Å². The summed E-state index contributed by atoms with van der Waals surface area (Å²) in [6, 6.07) is 10.2. The van der Waals surface area contributed by atoms with E-state index in [2.05, 4.69) is 35.2 Å². The Morgan fingerprint density at radius 3 is 3.11 bits per heavy atom. The SMILES string of the molecule is O=C1C[C@@H]2OCC=C3C[N+]4(CCl)CC[C@]56c7ccccc7N1[C@H]5[C@H]2[C@H]3C[C@@H]64. The van der Waals surface area contributed by atoms with E-state index >= 15 is 0 Å². The van der Waals surface area contributed by atoms with Gasteiger partial charge in [-0.2, -0.15) is 0 Å². The van der Waals surface area contributed by atoms with Gasteiger partial charge in [0.1, 0.15) is 12.6 Å². The maximum atomic E-state index is 13.3. The van der Waals surface area contributed by atoms with Gasteiger partial charge >= 0.3 is 0 Å². The zero-order chi connectivity index (χ0) is 18.0. The third-order valence-corrected chi connectivity index (χ3v) is 9.42. The lowest BCUT2D eigenvalue weighted by molar-refractivity contribution is -0.933. The van der Waals surface area contributed by atoms with E-state index in [4.69, 9.17) is 16.3 Å². The minimum atomic E-state index is 0.0558. The average Bonchev–Trinajstić information content (AvgIpc) is 3.13. The van der Waals surface area contributed by atoms with Crippen molar-refractivity contribution in [1.82, 2.24) is 0 Å². The lowest BCUT2D eigenvalue weighted by atomic mass is 9.53. The average molecular weight is 384 g/mol. The van der Waals surface area contributed by atoms with E-state index in [1.807, 2.05) is 0 Å². The van der Waals surface area contributed by atoms with Gasteiger partial charge in [0.25, 0.3) is 0 Å². The van der Waals surface area contributed by atoms with Crippen LogP contribution in [0.15, 0.2) is 35.9 Å². The summed E-state index contributed by atoms with van der Waals surface area (Å²) in [6.07, 6.45) is 5.27. The van der Waals surface area contributed by atoms with Crippen LogP contribution in [0, 0.1) is 11.8 Å². The number of benzene rings is 1. The number of ether oxygens (including phenoxy) is 1. The fourth-order valence-corrected chi connectivity index (χ4v) is 8.51. The number of alkyl halides is 1. The highest BCUT2D eigenvalue weighted by Gasteiger charge is 2.75. The van der Waals surface area contributed by atoms with E-state index in [-0.39, 0.29) is 23.5 Å². The maximum absolute atomic E-state index is 13.3. The van der Waals surface area contributed by atoms with Gasteiger partial charge in [0.2, 0.25) is 5.91 Å². The summed E-state index contributed by atoms with van der Waals surface area (Å²) < 4.78 is 7.29. The fraction of sp³-hybridized carbons (Fsp3) is 0.591. The standard InChI is InChI=1S/C22H24ClN2O2/c23-12-25-7-6-22-15-3-1-2-4-16(15)24-19(26)10-17-20(21(22)24)14(9-18(22)25)13(11-25)5-8-27-17/h1-5,14,17-18,20-21H,6-12H2/q+1/t14-,17-,18-,20-,21-,22+,25?/m0/s1. The minimum absolute atomic E-state index is 0.0558. The first-order chi connectivity index (χ1) is 13.2. The van der Waals surface area contributed by atoms with Crippen LogP contribution in [0.1, 0.15) is 24.8 Å². The van der Waals surface area contributed by atoms with Crippen molar-refractivity contribution >= 4 is 23.2 Å². The second-order valence-corrected chi connectivity index (χ2v) is 9.77. The Morgan fingerprint density at radius 1 is 1.33 bits per heavy atom. The van der Waals surface area contributed by atoms with E-state index in [0.29, 0.717) is 36.9 Å². The van der Waals surface area contributed by atoms with Gasteiger partial charge in [-0.15, -0.1) is 0 Å². The quantitative estimate of drug-likeness (QED) is 0.323. The fourth-order valence-electron chi connectivity index (χ4n) is 8.14. The van der Waals surface area contributed by atoms with Crippen molar-refractivity contribution in [2.45, 2.75) is 42.9 Å². The van der Waals surface area contributed by atoms with E-state index in [0.717, 1.165) is 24.0 Å². The number of hydrogen-bond donors (Lipinski definition) is 0. The highest BCUT2D eigenvalue weighted by atomic mass is 35.5. The Bertz CT molecular complexity index is 915. The summed E-state index contributed by atoms with van der Waals surface area (Å²) in [5, 5.41) is 0. The molecule has 1 aromatic carbocycles. The number of quaternary nitrogens is 1. The monoisotopic (exact) mass is 383 g/mol. The molecule has 1 aromatic rings. The summed E-state index contributed by atoms with van der Waals surface area (Å²) in [6.45, 7) is 2.86. The molecule has 140 valence electrons. The zero-order valence-corrected chi connectivity index (χ0v) is 16.1. The van der Waals surface area contributed by atoms with Gasteiger partial charge in [-0.25, -0.2) is 0 Å². The molecule has 3 saturated heterocycles. The second kappa shape index (κ2) is 4.79. The molecule has 0 N–H and O–H groups in total. The molecule has 0 aromatic heterocycles. The summed E-state index contributed by atoms with van der Waals surface area (Å²) >= 11 is 6.68. The number of amides is 1. The molecule has 4 fully saturated rings. The molecule has 27 heavy (non-hydrogen) atoms. The number of fused-ring (bicyclic) bond motifs is 2. The molecule has 5 heteroatoms. The molecule has 1 unspecified atom stereocenters. The molecule has 4 nitrogen and oxygen atoms in total. The zero-order valence-electron chi connectivity index (χ0n) is 15.3. The van der Waals surface area contributed by atoms with Gasteiger partial charge in [-0.3, -0.25) is 4.79 Å². The number of nitrogens with zero attached hydrogens (tertiary/aromatic N) is 2. The molecule has 0 radical (unpaired) electrons. The minimum Gasteiger partial charge on any atom is -0.373 e. The van der Waals surface area contributed by atoms with Crippen molar-refractivity contribution in [3.05, 3.63) is 41.5 Å². The molecule has 7 atom stereocenters. The Hall–Kier alpha value is -1.36. The molecule has 6 aliphatic rings. The summed E-state index contributed by atoms with van der Waals surface area (Å²) in [7, 11) is 0. The predicted octanol–water partition coefficient (Wildman–Crippen LogP) is 2.80. The Kier molecular flexibility index (Phi) is 2.76. The van der Waals surface area contributed by atoms with Crippen LogP contribution in [0.3, 0.4) is 0 Å². The molecular weight excluding hydrogens is 360 g/mol. The predicted molar refractivity (Wildman–Crippen MR) is 103 cm³/mol. The Balaban J connectivity index is 1.56. The van der Waals surface area contributed by atoms with Gasteiger partial charge in [0.05, 0.1) is 37.1 Å². The second-order valence-electron chi connectivity index (χ2n) is 9.53. The smallest absolute Gasteiger partial charge is 0.229 e. The van der Waals surface area contributed by atoms with Crippen molar-refractivity contribution in [1.29, 1.82) is 0 Å². The highest BCUT2D eigenvalue weighted by molar-refractivity contribution is 6.17.